The zero-order valence-corrected chi connectivity index (χ0v) is 10.4. The van der Waals surface area contributed by atoms with Crippen LogP contribution in [0.4, 0.5) is 8.78 Å². The molecular formula is C12H17F2N3O. The normalized spacial score (nSPS) is 12.8. The Hall–Kier alpha value is -1.53. The van der Waals surface area contributed by atoms with Crippen LogP contribution in [0, 0.1) is 11.6 Å². The summed E-state index contributed by atoms with van der Waals surface area (Å²) in [5.41, 5.74) is 10.2. The van der Waals surface area contributed by atoms with Crippen molar-refractivity contribution >= 4 is 5.91 Å². The number of hydrogen-bond acceptors (Lipinski definition) is 3. The number of carbonyl (C=O) groups excluding carboxylic acids is 1. The molecule has 0 heterocycles. The van der Waals surface area contributed by atoms with Crippen molar-refractivity contribution in [2.24, 2.45) is 11.5 Å². The Balaban J connectivity index is 3.03. The Morgan fingerprint density at radius 2 is 1.83 bits per heavy atom. The van der Waals surface area contributed by atoms with E-state index in [1.54, 1.807) is 0 Å². The number of nitrogens with two attached hydrogens (primary N) is 2. The summed E-state index contributed by atoms with van der Waals surface area (Å²) in [6, 6.07) is 2.22. The molecule has 0 aromatic heterocycles. The molecule has 0 aliphatic heterocycles. The lowest BCUT2D eigenvalue weighted by atomic mass is 10.0. The lowest BCUT2D eigenvalue weighted by Crippen LogP contribution is -2.37. The number of amides is 1. The lowest BCUT2D eigenvalue weighted by Gasteiger charge is -2.22. The molecule has 1 atom stereocenters. The van der Waals surface area contributed by atoms with E-state index in [1.807, 2.05) is 19.0 Å². The number of hydrogen-bond donors (Lipinski definition) is 2. The van der Waals surface area contributed by atoms with E-state index in [2.05, 4.69) is 0 Å². The topological polar surface area (TPSA) is 72.3 Å². The van der Waals surface area contributed by atoms with Crippen LogP contribution in [0.3, 0.4) is 0 Å². The number of primary amides is 1. The van der Waals surface area contributed by atoms with Crippen molar-refractivity contribution in [2.75, 3.05) is 20.6 Å². The van der Waals surface area contributed by atoms with Gasteiger partial charge in [0.05, 0.1) is 0 Å². The van der Waals surface area contributed by atoms with Gasteiger partial charge < -0.3 is 16.4 Å². The third kappa shape index (κ3) is 3.24. The number of halogens is 2. The molecule has 0 unspecified atom stereocenters. The molecule has 18 heavy (non-hydrogen) atoms. The Labute approximate surface area is 105 Å². The maximum absolute atomic E-state index is 13.5. The Bertz CT molecular complexity index is 426. The van der Waals surface area contributed by atoms with Crippen molar-refractivity contribution in [3.05, 3.63) is 34.9 Å². The van der Waals surface area contributed by atoms with E-state index < -0.39 is 23.1 Å². The summed E-state index contributed by atoms with van der Waals surface area (Å²) in [5, 5.41) is 0. The zero-order chi connectivity index (χ0) is 13.9. The van der Waals surface area contributed by atoms with Crippen LogP contribution in [0.1, 0.15) is 15.9 Å². The maximum atomic E-state index is 13.5. The second kappa shape index (κ2) is 5.88. The molecular weight excluding hydrogens is 240 g/mol. The minimum atomic E-state index is -1.11. The molecule has 1 rings (SSSR count). The van der Waals surface area contributed by atoms with E-state index in [-0.39, 0.29) is 6.04 Å². The smallest absolute Gasteiger partial charge is 0.254 e. The quantitative estimate of drug-likeness (QED) is 0.806. The minimum Gasteiger partial charge on any atom is -0.365 e. The molecule has 0 aliphatic carbocycles. The number of benzene rings is 1. The number of rotatable bonds is 5. The highest BCUT2D eigenvalue weighted by molar-refractivity contribution is 5.93. The van der Waals surface area contributed by atoms with Crippen LogP contribution in [-0.2, 0) is 6.42 Å². The highest BCUT2D eigenvalue weighted by Crippen LogP contribution is 2.17. The van der Waals surface area contributed by atoms with E-state index in [9.17, 15) is 13.6 Å². The molecule has 100 valence electrons. The molecule has 6 heteroatoms. The van der Waals surface area contributed by atoms with Gasteiger partial charge in [-0.2, -0.15) is 0 Å². The van der Waals surface area contributed by atoms with E-state index in [4.69, 9.17) is 11.5 Å². The highest BCUT2D eigenvalue weighted by atomic mass is 19.1. The van der Waals surface area contributed by atoms with Crippen molar-refractivity contribution in [3.63, 3.8) is 0 Å². The molecule has 0 bridgehead atoms. The first-order valence-electron chi connectivity index (χ1n) is 5.51. The van der Waals surface area contributed by atoms with Gasteiger partial charge in [-0.3, -0.25) is 4.79 Å². The molecule has 4 nitrogen and oxygen atoms in total. The average Bonchev–Trinajstić information content (AvgIpc) is 2.23. The van der Waals surface area contributed by atoms with Gasteiger partial charge in [0, 0.05) is 12.6 Å². The highest BCUT2D eigenvalue weighted by Gasteiger charge is 2.18. The van der Waals surface area contributed by atoms with Gasteiger partial charge in [-0.15, -0.1) is 0 Å². The summed E-state index contributed by atoms with van der Waals surface area (Å²) in [5.74, 6) is -2.99. The maximum Gasteiger partial charge on any atom is 0.254 e. The van der Waals surface area contributed by atoms with Gasteiger partial charge in [0.15, 0.2) is 0 Å². The predicted molar refractivity (Wildman–Crippen MR) is 65.1 cm³/mol. The van der Waals surface area contributed by atoms with Gasteiger partial charge in [0.1, 0.15) is 17.2 Å². The number of likely N-dealkylation sites (N-methyl/N-ethyl adjacent to an activating group) is 1. The largest absolute Gasteiger partial charge is 0.365 e. The van der Waals surface area contributed by atoms with Crippen molar-refractivity contribution in [2.45, 2.75) is 12.5 Å². The van der Waals surface area contributed by atoms with E-state index >= 15 is 0 Å². The molecule has 1 aromatic carbocycles. The number of carbonyl (C=O) groups is 1. The standard InChI is InChI=1S/C12H17F2N3O/c1-17(2)8(6-15)3-7-4-9(13)11(12(16)18)10(14)5-7/h4-5,8H,3,6,15H2,1-2H3,(H2,16,18)/t8-/m0/s1. The van der Waals surface area contributed by atoms with Gasteiger partial charge in [0.2, 0.25) is 0 Å². The second-order valence-corrected chi connectivity index (χ2v) is 4.36. The summed E-state index contributed by atoms with van der Waals surface area (Å²) in [6.07, 6.45) is 0.399. The monoisotopic (exact) mass is 257 g/mol. The van der Waals surface area contributed by atoms with Crippen molar-refractivity contribution in [1.29, 1.82) is 0 Å². The SMILES string of the molecule is CN(C)[C@H](CN)Cc1cc(F)c(C(N)=O)c(F)c1. The van der Waals surface area contributed by atoms with Gasteiger partial charge >= 0.3 is 0 Å². The third-order valence-corrected chi connectivity index (χ3v) is 2.82. The van der Waals surface area contributed by atoms with Crippen LogP contribution < -0.4 is 11.5 Å². The predicted octanol–water partition coefficient (Wildman–Crippen LogP) is 0.495. The molecule has 1 aromatic rings. The second-order valence-electron chi connectivity index (χ2n) is 4.36. The van der Waals surface area contributed by atoms with Crippen LogP contribution in [-0.4, -0.2) is 37.5 Å². The molecule has 0 spiro atoms. The van der Waals surface area contributed by atoms with Crippen LogP contribution in [0.15, 0.2) is 12.1 Å². The molecule has 0 radical (unpaired) electrons. The molecule has 4 N–H and O–H groups in total. The molecule has 1 amide bonds. The summed E-state index contributed by atoms with van der Waals surface area (Å²) in [7, 11) is 3.67. The summed E-state index contributed by atoms with van der Waals surface area (Å²) < 4.78 is 27.1. The van der Waals surface area contributed by atoms with Crippen LogP contribution in [0.2, 0.25) is 0 Å². The summed E-state index contributed by atoms with van der Waals surface area (Å²) in [4.78, 5) is 12.7. The van der Waals surface area contributed by atoms with Crippen molar-refractivity contribution < 1.29 is 13.6 Å². The Kier molecular flexibility index (Phi) is 4.75. The summed E-state index contributed by atoms with van der Waals surface area (Å²) in [6.45, 7) is 0.369. The Morgan fingerprint density at radius 1 is 1.33 bits per heavy atom. The van der Waals surface area contributed by atoms with E-state index in [0.717, 1.165) is 12.1 Å². The van der Waals surface area contributed by atoms with Crippen molar-refractivity contribution in [3.8, 4) is 0 Å². The number of nitrogens with zero attached hydrogens (tertiary/aromatic N) is 1. The molecule has 0 aliphatic rings. The van der Waals surface area contributed by atoms with Gasteiger partial charge in [-0.05, 0) is 38.2 Å². The fraction of sp³-hybridized carbons (Fsp3) is 0.417. The fourth-order valence-corrected chi connectivity index (χ4v) is 1.73. The zero-order valence-electron chi connectivity index (χ0n) is 10.4. The fourth-order valence-electron chi connectivity index (χ4n) is 1.73. The molecule has 0 saturated carbocycles. The summed E-state index contributed by atoms with van der Waals surface area (Å²) >= 11 is 0. The first kappa shape index (κ1) is 14.5. The molecule has 0 saturated heterocycles. The lowest BCUT2D eigenvalue weighted by molar-refractivity contribution is 0.0992. The van der Waals surface area contributed by atoms with Crippen molar-refractivity contribution in [1.82, 2.24) is 4.90 Å². The first-order valence-corrected chi connectivity index (χ1v) is 5.51. The van der Waals surface area contributed by atoms with Gasteiger partial charge in [0.25, 0.3) is 5.91 Å². The van der Waals surface area contributed by atoms with Crippen LogP contribution in [0.5, 0.6) is 0 Å². The van der Waals surface area contributed by atoms with E-state index in [0.29, 0.717) is 18.5 Å². The van der Waals surface area contributed by atoms with E-state index in [1.165, 1.54) is 0 Å². The average molecular weight is 257 g/mol. The van der Waals surface area contributed by atoms with Gasteiger partial charge in [-0.1, -0.05) is 0 Å². The molecule has 0 fully saturated rings. The third-order valence-electron chi connectivity index (χ3n) is 2.82. The van der Waals surface area contributed by atoms with Crippen LogP contribution >= 0.6 is 0 Å². The van der Waals surface area contributed by atoms with Gasteiger partial charge in [-0.25, -0.2) is 8.78 Å². The van der Waals surface area contributed by atoms with Crippen LogP contribution in [0.25, 0.3) is 0 Å². The Morgan fingerprint density at radius 3 is 2.17 bits per heavy atom. The minimum absolute atomic E-state index is 0.0248. The first-order chi connectivity index (χ1) is 8.36.